The molecule has 0 aliphatic heterocycles. The Labute approximate surface area is 463 Å². The van der Waals surface area contributed by atoms with Crippen LogP contribution >= 0.6 is 0 Å². The van der Waals surface area contributed by atoms with Crippen LogP contribution in [0.4, 0.5) is 62.6 Å². The van der Waals surface area contributed by atoms with Crippen molar-refractivity contribution in [3.63, 3.8) is 0 Å². The monoisotopic (exact) mass is 1090 g/mol. The predicted molar refractivity (Wildman–Crippen MR) is 316 cm³/mol. The van der Waals surface area contributed by atoms with Crippen LogP contribution in [0.3, 0.4) is 0 Å². The van der Waals surface area contributed by atoms with Crippen LogP contribution in [0, 0.1) is 34.6 Å². The van der Waals surface area contributed by atoms with Gasteiger partial charge in [-0.15, -0.1) is 10.2 Å². The van der Waals surface area contributed by atoms with Gasteiger partial charge < -0.3 is 25.2 Å². The summed E-state index contributed by atoms with van der Waals surface area (Å²) in [6.07, 6.45) is 0.923. The molecule has 4 N–H and O–H groups in total. The van der Waals surface area contributed by atoms with E-state index in [0.29, 0.717) is 74.3 Å². The Morgan fingerprint density at radius 1 is 0.500 bits per heavy atom. The number of ether oxygens (including phenoxy) is 2. The van der Waals surface area contributed by atoms with E-state index in [1.54, 1.807) is 42.5 Å². The Morgan fingerprint density at radius 2 is 1.04 bits per heavy atom. The SMILES string of the molecule is CCCOc1ccc2ccc(NC(=O)c3ccc(N=Nc4cc(OCCCS(=O)(=O)O)c(N=Nc5cc(C)c(N=Nc6cc(C)c(N=Nc7ccc8cc(Nc9ccccc9)ccc8c7O)cc6C)cc5C)cc4C)cc3)cc2c1. The lowest BCUT2D eigenvalue weighted by Gasteiger charge is -2.11. The number of nitrogens with zero attached hydrogens (tertiary/aromatic N) is 8. The number of phenolic OH excluding ortho intramolecular Hbond substituents is 1. The average Bonchev–Trinajstić information content (AvgIpc) is 3.45. The highest BCUT2D eigenvalue weighted by Crippen LogP contribution is 2.41. The zero-order valence-electron chi connectivity index (χ0n) is 45.0. The van der Waals surface area contributed by atoms with Crippen LogP contribution < -0.4 is 20.1 Å². The molecule has 18 heteroatoms. The van der Waals surface area contributed by atoms with Crippen LogP contribution in [0.5, 0.6) is 17.2 Å². The Balaban J connectivity index is 0.866. The van der Waals surface area contributed by atoms with Crippen LogP contribution in [0.25, 0.3) is 21.5 Å². The first kappa shape index (κ1) is 55.2. The van der Waals surface area contributed by atoms with Crippen LogP contribution in [0.2, 0.25) is 0 Å². The molecule has 0 aliphatic carbocycles. The van der Waals surface area contributed by atoms with Gasteiger partial charge >= 0.3 is 0 Å². The third-order valence-corrected chi connectivity index (χ3v) is 13.7. The highest BCUT2D eigenvalue weighted by molar-refractivity contribution is 7.85. The summed E-state index contributed by atoms with van der Waals surface area (Å²) in [6.45, 7) is 12.1. The third kappa shape index (κ3) is 14.1. The molecule has 0 saturated carbocycles. The summed E-state index contributed by atoms with van der Waals surface area (Å²) in [5.41, 5.74) is 11.0. The van der Waals surface area contributed by atoms with Gasteiger partial charge in [0.05, 0.1) is 53.1 Å². The first-order chi connectivity index (χ1) is 38.5. The molecular formula is C62H58N10O7S. The number of phenols is 1. The lowest BCUT2D eigenvalue weighted by atomic mass is 10.1. The van der Waals surface area contributed by atoms with Gasteiger partial charge in [-0.2, -0.15) is 39.1 Å². The van der Waals surface area contributed by atoms with Gasteiger partial charge in [-0.1, -0.05) is 43.3 Å². The molecule has 0 heterocycles. The smallest absolute Gasteiger partial charge is 0.264 e. The zero-order chi connectivity index (χ0) is 56.3. The van der Waals surface area contributed by atoms with Gasteiger partial charge in [-0.25, -0.2) is 0 Å². The number of carbonyl (C=O) groups is 1. The minimum atomic E-state index is -4.20. The molecule has 0 bridgehead atoms. The van der Waals surface area contributed by atoms with Crippen molar-refractivity contribution >= 4 is 100 Å². The molecule has 0 atom stereocenters. The van der Waals surface area contributed by atoms with Gasteiger partial charge in [-0.3, -0.25) is 9.35 Å². The molecule has 0 aliphatic rings. The van der Waals surface area contributed by atoms with Gasteiger partial charge in [0.15, 0.2) is 5.75 Å². The number of hydrogen-bond acceptors (Lipinski definition) is 15. The van der Waals surface area contributed by atoms with Crippen molar-refractivity contribution in [2.75, 3.05) is 29.6 Å². The molecule has 0 fully saturated rings. The number of benzene rings is 9. The van der Waals surface area contributed by atoms with Crippen molar-refractivity contribution in [1.29, 1.82) is 0 Å². The predicted octanol–water partition coefficient (Wildman–Crippen LogP) is 18.3. The van der Waals surface area contributed by atoms with E-state index in [4.69, 9.17) is 9.47 Å². The summed E-state index contributed by atoms with van der Waals surface area (Å²) in [4.78, 5) is 13.2. The number of rotatable bonds is 20. The molecule has 80 heavy (non-hydrogen) atoms. The minimum absolute atomic E-state index is 0.0197. The Kier molecular flexibility index (Phi) is 17.2. The molecule has 0 saturated heterocycles. The molecule has 0 radical (unpaired) electrons. The molecule has 17 nitrogen and oxygen atoms in total. The van der Waals surface area contributed by atoms with Gasteiger partial charge in [0.25, 0.3) is 16.0 Å². The van der Waals surface area contributed by atoms with E-state index in [9.17, 15) is 22.9 Å². The van der Waals surface area contributed by atoms with E-state index in [2.05, 4.69) is 58.5 Å². The van der Waals surface area contributed by atoms with E-state index in [1.165, 1.54) is 0 Å². The summed E-state index contributed by atoms with van der Waals surface area (Å²) in [6, 6.07) is 48.5. The van der Waals surface area contributed by atoms with Gasteiger partial charge in [0.2, 0.25) is 0 Å². The number of hydrogen-bond donors (Lipinski definition) is 4. The fourth-order valence-corrected chi connectivity index (χ4v) is 8.95. The fourth-order valence-electron chi connectivity index (χ4n) is 8.47. The van der Waals surface area contributed by atoms with Crippen molar-refractivity contribution in [2.45, 2.75) is 54.4 Å². The van der Waals surface area contributed by atoms with Crippen molar-refractivity contribution in [1.82, 2.24) is 0 Å². The van der Waals surface area contributed by atoms with Crippen molar-refractivity contribution < 1.29 is 32.3 Å². The molecule has 9 aromatic rings. The zero-order valence-corrected chi connectivity index (χ0v) is 45.8. The number of fused-ring (bicyclic) bond motifs is 2. The number of anilines is 3. The van der Waals surface area contributed by atoms with Crippen molar-refractivity contribution in [2.24, 2.45) is 40.9 Å². The molecule has 0 spiro atoms. The Morgan fingerprint density at radius 3 is 1.66 bits per heavy atom. The fraction of sp³-hybridized carbons (Fsp3) is 0.177. The highest BCUT2D eigenvalue weighted by Gasteiger charge is 2.15. The summed E-state index contributed by atoms with van der Waals surface area (Å²) in [5, 5.41) is 57.2. The number of nitrogens with one attached hydrogen (secondary N) is 2. The summed E-state index contributed by atoms with van der Waals surface area (Å²) < 4.78 is 44.1. The molecule has 9 aromatic carbocycles. The quantitative estimate of drug-likeness (QED) is 0.0325. The van der Waals surface area contributed by atoms with Crippen LogP contribution in [0.1, 0.15) is 57.9 Å². The second-order valence-corrected chi connectivity index (χ2v) is 20.8. The standard InChI is InChI=1S/C62H58N10O7S/c1-7-26-78-51-23-17-43-14-21-50(35-46(43)36-51)64-62(74)44-15-19-48(20-16-44)65-67-58-37-60(79-27-11-28-80(75,76)77)59(33-42(58)6)72-71-57-32-40(4)56(31-41(57)5)70-69-55-30-38(2)54(29-39(55)3)68-66-53-25-18-45-34-49(22-24-52(45)61(53)73)63-47-12-9-8-10-13-47/h8-10,12-25,29-37,63,73H,7,11,26-28H2,1-6H3,(H,64,74)(H,75,76,77). The van der Waals surface area contributed by atoms with Crippen LogP contribution in [-0.4, -0.2) is 43.0 Å². The van der Waals surface area contributed by atoms with E-state index < -0.39 is 15.9 Å². The van der Waals surface area contributed by atoms with Gasteiger partial charge in [-0.05, 0) is 207 Å². The number of amides is 1. The maximum Gasteiger partial charge on any atom is 0.264 e. The van der Waals surface area contributed by atoms with Crippen molar-refractivity contribution in [3.05, 3.63) is 191 Å². The number of azo groups is 4. The van der Waals surface area contributed by atoms with Gasteiger partial charge in [0, 0.05) is 34.1 Å². The maximum atomic E-state index is 13.2. The Hall–Kier alpha value is -9.52. The van der Waals surface area contributed by atoms with E-state index in [-0.39, 0.29) is 30.4 Å². The first-order valence-electron chi connectivity index (χ1n) is 25.8. The van der Waals surface area contributed by atoms with Gasteiger partial charge in [0.1, 0.15) is 22.9 Å². The van der Waals surface area contributed by atoms with Crippen molar-refractivity contribution in [3.8, 4) is 17.2 Å². The normalized spacial score (nSPS) is 11.9. The largest absolute Gasteiger partial charge is 0.505 e. The number of aryl methyl sites for hydroxylation is 5. The lowest BCUT2D eigenvalue weighted by molar-refractivity contribution is 0.102. The molecule has 9 rings (SSSR count). The van der Waals surface area contributed by atoms with E-state index in [1.807, 2.05) is 150 Å². The minimum Gasteiger partial charge on any atom is -0.505 e. The summed E-state index contributed by atoms with van der Waals surface area (Å²) >= 11 is 0. The third-order valence-electron chi connectivity index (χ3n) is 12.9. The summed E-state index contributed by atoms with van der Waals surface area (Å²) in [7, 11) is -4.20. The topological polar surface area (TPSA) is 233 Å². The molecule has 1 amide bonds. The van der Waals surface area contributed by atoms with E-state index in [0.717, 1.165) is 62.0 Å². The average molecular weight is 1090 g/mol. The second kappa shape index (κ2) is 24.9. The van der Waals surface area contributed by atoms with E-state index >= 15 is 0 Å². The molecule has 404 valence electrons. The number of carbonyl (C=O) groups excluding carboxylic acids is 1. The highest BCUT2D eigenvalue weighted by atomic mass is 32.2. The molecule has 0 aromatic heterocycles. The maximum absolute atomic E-state index is 13.2. The Bertz CT molecular complexity index is 4020. The summed E-state index contributed by atoms with van der Waals surface area (Å²) in [5.74, 6) is 0.316. The van der Waals surface area contributed by atoms with Crippen LogP contribution in [-0.2, 0) is 10.1 Å². The lowest BCUT2D eigenvalue weighted by Crippen LogP contribution is -2.11. The number of para-hydroxylation sites is 1. The first-order valence-corrected chi connectivity index (χ1v) is 27.4. The molecular weight excluding hydrogens is 1030 g/mol. The van der Waals surface area contributed by atoms with Crippen LogP contribution in [0.15, 0.2) is 199 Å². The molecule has 0 unspecified atom stereocenters. The second-order valence-electron chi connectivity index (χ2n) is 19.2. The number of aromatic hydroxyl groups is 1.